The van der Waals surface area contributed by atoms with E-state index in [4.69, 9.17) is 14.2 Å². The molecule has 2 N–H and O–H groups in total. The van der Waals surface area contributed by atoms with E-state index in [0.717, 1.165) is 19.3 Å². The number of aromatic nitrogens is 4. The second-order valence-electron chi connectivity index (χ2n) is 10.6. The number of hydrogen-bond donors (Lipinski definition) is 2. The Balaban J connectivity index is 1.63. The minimum Gasteiger partial charge on any atom is -0.493 e. The van der Waals surface area contributed by atoms with Crippen molar-refractivity contribution in [1.82, 2.24) is 24.5 Å². The van der Waals surface area contributed by atoms with Crippen LogP contribution >= 0.6 is 0 Å². The smallest absolute Gasteiger partial charge is 0.277 e. The van der Waals surface area contributed by atoms with Gasteiger partial charge in [0.05, 0.1) is 35.6 Å². The van der Waals surface area contributed by atoms with E-state index < -0.39 is 15.6 Å². The third kappa shape index (κ3) is 7.61. The molecular formula is C32H42N6O7S. The van der Waals surface area contributed by atoms with Gasteiger partial charge in [-0.25, -0.2) is 17.9 Å². The van der Waals surface area contributed by atoms with Crippen LogP contribution in [0.4, 0.5) is 5.69 Å². The molecule has 2 aromatic heterocycles. The van der Waals surface area contributed by atoms with Crippen LogP contribution in [0.2, 0.25) is 0 Å². The monoisotopic (exact) mass is 654 g/mol. The number of imidazole rings is 1. The fourth-order valence-corrected chi connectivity index (χ4v) is 6.06. The average molecular weight is 655 g/mol. The number of anilines is 1. The fourth-order valence-electron chi connectivity index (χ4n) is 4.99. The maximum absolute atomic E-state index is 13.6. The van der Waals surface area contributed by atoms with Crippen molar-refractivity contribution in [3.8, 4) is 28.6 Å². The molecule has 2 aromatic carbocycles. The van der Waals surface area contributed by atoms with Crippen molar-refractivity contribution < 1.29 is 27.4 Å². The van der Waals surface area contributed by atoms with Gasteiger partial charge in [0.15, 0.2) is 29.4 Å². The molecule has 4 rings (SSSR count). The van der Waals surface area contributed by atoms with Gasteiger partial charge >= 0.3 is 0 Å². The first-order chi connectivity index (χ1) is 22.1. The molecule has 0 atom stereocenters. The summed E-state index contributed by atoms with van der Waals surface area (Å²) < 4.78 is 48.2. The third-order valence-electron chi connectivity index (χ3n) is 7.32. The maximum Gasteiger partial charge on any atom is 0.277 e. The number of amides is 1. The molecule has 2 heterocycles. The highest BCUT2D eigenvalue weighted by Gasteiger charge is 2.22. The largest absolute Gasteiger partial charge is 0.493 e. The molecule has 0 unspecified atom stereocenters. The zero-order valence-corrected chi connectivity index (χ0v) is 28.0. The molecule has 0 saturated heterocycles. The van der Waals surface area contributed by atoms with E-state index in [2.05, 4.69) is 26.7 Å². The molecule has 14 heteroatoms. The first kappa shape index (κ1) is 34.3. The van der Waals surface area contributed by atoms with E-state index in [1.54, 1.807) is 24.8 Å². The van der Waals surface area contributed by atoms with Crippen LogP contribution in [0, 0.1) is 6.92 Å². The quantitative estimate of drug-likeness (QED) is 0.176. The molecular weight excluding hydrogens is 612 g/mol. The molecule has 0 radical (unpaired) electrons. The first-order valence-electron chi connectivity index (χ1n) is 15.4. The van der Waals surface area contributed by atoms with E-state index in [0.29, 0.717) is 60.2 Å². The van der Waals surface area contributed by atoms with Crippen molar-refractivity contribution >= 4 is 27.1 Å². The SMILES string of the molecule is CCCCN(CC)C(=O)COc1ccc(NS(=O)(=O)c2ccc(OCC)c(-c3nn4c(CCC)nc(C)c4c(=O)[nH]3)c2)cc1OC. The number of aryl methyl sites for hydroxylation is 2. The summed E-state index contributed by atoms with van der Waals surface area (Å²) in [6.07, 6.45) is 3.30. The van der Waals surface area contributed by atoms with Gasteiger partial charge in [0, 0.05) is 25.6 Å². The summed E-state index contributed by atoms with van der Waals surface area (Å²) in [6.45, 7) is 10.9. The third-order valence-corrected chi connectivity index (χ3v) is 8.69. The standard InChI is InChI=1S/C32H42N6O7S/c1-7-11-17-37(9-3)29(39)20-45-26-15-13-22(18-27(26)43-6)36-46(41,42)23-14-16-25(44-10-4)24(19-23)31-34-32(40)30-21(5)33-28(12-8-2)38(30)35-31/h13-16,18-19,36H,7-12,17,20H2,1-6H3,(H,34,35,40). The van der Waals surface area contributed by atoms with Gasteiger partial charge in [-0.2, -0.15) is 0 Å². The van der Waals surface area contributed by atoms with Crippen LogP contribution in [0.25, 0.3) is 16.9 Å². The number of nitrogens with one attached hydrogen (secondary N) is 2. The predicted molar refractivity (Wildman–Crippen MR) is 175 cm³/mol. The van der Waals surface area contributed by atoms with Gasteiger partial charge in [-0.3, -0.25) is 14.3 Å². The number of rotatable bonds is 16. The lowest BCUT2D eigenvalue weighted by molar-refractivity contribution is -0.133. The van der Waals surface area contributed by atoms with Gasteiger partial charge in [0.1, 0.15) is 11.6 Å². The molecule has 0 fully saturated rings. The van der Waals surface area contributed by atoms with Crippen LogP contribution in [0.3, 0.4) is 0 Å². The number of unbranched alkanes of at least 4 members (excludes halogenated alkanes) is 1. The summed E-state index contributed by atoms with van der Waals surface area (Å²) in [4.78, 5) is 34.6. The highest BCUT2D eigenvalue weighted by Crippen LogP contribution is 2.33. The highest BCUT2D eigenvalue weighted by molar-refractivity contribution is 7.92. The van der Waals surface area contributed by atoms with Crippen LogP contribution in [0.1, 0.15) is 58.5 Å². The zero-order chi connectivity index (χ0) is 33.4. The Hall–Kier alpha value is -4.59. The molecule has 0 aliphatic rings. The van der Waals surface area contributed by atoms with Gasteiger partial charge in [-0.15, -0.1) is 5.10 Å². The molecule has 13 nitrogen and oxygen atoms in total. The summed E-state index contributed by atoms with van der Waals surface area (Å²) in [6, 6.07) is 8.88. The second-order valence-corrected chi connectivity index (χ2v) is 12.3. The van der Waals surface area contributed by atoms with E-state index in [1.165, 1.54) is 42.0 Å². The van der Waals surface area contributed by atoms with Crippen molar-refractivity contribution in [2.24, 2.45) is 0 Å². The molecule has 0 spiro atoms. The summed E-state index contributed by atoms with van der Waals surface area (Å²) in [7, 11) is -2.70. The number of carbonyl (C=O) groups excluding carboxylic acids is 1. The number of sulfonamides is 1. The maximum atomic E-state index is 13.6. The molecule has 0 bridgehead atoms. The first-order valence-corrected chi connectivity index (χ1v) is 16.9. The number of likely N-dealkylation sites (N-methyl/N-ethyl adjacent to an activating group) is 1. The minimum atomic E-state index is -4.13. The normalized spacial score (nSPS) is 11.4. The molecule has 248 valence electrons. The van der Waals surface area contributed by atoms with E-state index in [1.807, 2.05) is 13.8 Å². The van der Waals surface area contributed by atoms with Crippen molar-refractivity contribution in [2.45, 2.75) is 65.2 Å². The van der Waals surface area contributed by atoms with Crippen LogP contribution in [-0.4, -0.2) is 72.2 Å². The number of methoxy groups -OCH3 is 1. The molecule has 1 amide bonds. The Morgan fingerprint density at radius 2 is 1.78 bits per heavy atom. The molecule has 0 aliphatic carbocycles. The van der Waals surface area contributed by atoms with Crippen LogP contribution < -0.4 is 24.5 Å². The molecule has 0 aliphatic heterocycles. The summed E-state index contributed by atoms with van der Waals surface area (Å²) in [5.41, 5.74) is 1.01. The van der Waals surface area contributed by atoms with E-state index in [9.17, 15) is 18.0 Å². The Labute approximate surface area is 268 Å². The number of aromatic amines is 1. The fraction of sp³-hybridized carbons (Fsp3) is 0.438. The lowest BCUT2D eigenvalue weighted by atomic mass is 10.2. The zero-order valence-electron chi connectivity index (χ0n) is 27.2. The van der Waals surface area contributed by atoms with Gasteiger partial charge in [-0.1, -0.05) is 20.3 Å². The lowest BCUT2D eigenvalue weighted by Crippen LogP contribution is -2.35. The van der Waals surface area contributed by atoms with Crippen LogP contribution in [-0.2, 0) is 21.2 Å². The number of hydrogen-bond acceptors (Lipinski definition) is 9. The minimum absolute atomic E-state index is 0.0825. The predicted octanol–water partition coefficient (Wildman–Crippen LogP) is 4.58. The Kier molecular flexibility index (Phi) is 11.3. The van der Waals surface area contributed by atoms with Gasteiger partial charge in [-0.05, 0) is 63.9 Å². The molecule has 46 heavy (non-hydrogen) atoms. The van der Waals surface area contributed by atoms with E-state index in [-0.39, 0.29) is 34.7 Å². The molecule has 4 aromatic rings. The average Bonchev–Trinajstić information content (AvgIpc) is 3.35. The number of fused-ring (bicyclic) bond motifs is 1. The second kappa shape index (κ2) is 15.1. The van der Waals surface area contributed by atoms with E-state index >= 15 is 0 Å². The number of ether oxygens (including phenoxy) is 3. The van der Waals surface area contributed by atoms with Crippen LogP contribution in [0.15, 0.2) is 46.1 Å². The number of carbonyl (C=O) groups is 1. The number of benzene rings is 2. The summed E-state index contributed by atoms with van der Waals surface area (Å²) in [5, 5.41) is 4.63. The summed E-state index contributed by atoms with van der Waals surface area (Å²) in [5.74, 6) is 1.54. The van der Waals surface area contributed by atoms with Crippen molar-refractivity contribution in [3.05, 3.63) is 58.3 Å². The lowest BCUT2D eigenvalue weighted by Gasteiger charge is -2.21. The Morgan fingerprint density at radius 1 is 1.02 bits per heavy atom. The number of H-pyrrole nitrogens is 1. The van der Waals surface area contributed by atoms with Gasteiger partial charge in [0.25, 0.3) is 21.5 Å². The number of nitrogens with zero attached hydrogens (tertiary/aromatic N) is 4. The Bertz CT molecular complexity index is 1850. The van der Waals surface area contributed by atoms with Crippen molar-refractivity contribution in [2.75, 3.05) is 38.1 Å². The Morgan fingerprint density at radius 3 is 2.46 bits per heavy atom. The topological polar surface area (TPSA) is 157 Å². The van der Waals surface area contributed by atoms with Crippen molar-refractivity contribution in [1.29, 1.82) is 0 Å². The highest BCUT2D eigenvalue weighted by atomic mass is 32.2. The summed E-state index contributed by atoms with van der Waals surface area (Å²) >= 11 is 0. The molecule has 0 saturated carbocycles. The van der Waals surface area contributed by atoms with Gasteiger partial charge < -0.3 is 24.1 Å². The van der Waals surface area contributed by atoms with Crippen molar-refractivity contribution in [3.63, 3.8) is 0 Å². The van der Waals surface area contributed by atoms with Crippen LogP contribution in [0.5, 0.6) is 17.2 Å². The van der Waals surface area contributed by atoms with Gasteiger partial charge in [0.2, 0.25) is 0 Å².